The molecule has 0 saturated carbocycles. The van der Waals surface area contributed by atoms with E-state index in [9.17, 15) is 9.18 Å². The van der Waals surface area contributed by atoms with Crippen LogP contribution >= 0.6 is 23.2 Å². The normalized spacial score (nSPS) is 18.9. The van der Waals surface area contributed by atoms with E-state index < -0.39 is 0 Å². The number of amides is 1. The van der Waals surface area contributed by atoms with Gasteiger partial charge in [-0.2, -0.15) is 0 Å². The van der Waals surface area contributed by atoms with Crippen molar-refractivity contribution in [1.82, 2.24) is 10.2 Å². The summed E-state index contributed by atoms with van der Waals surface area (Å²) in [7, 11) is 0. The number of carbonyl (C=O) groups excluding carboxylic acids is 1. The standard InChI is InChI=1S/C21H23Cl2FN2O/c1-14(15-7-9-17(24)10-8-15)25-21(27)16-4-3-11-26(12-16)13-18-19(22)5-2-6-20(18)23/h2,5-10,14,16H,3-4,11-13H2,1H3,(H,25,27)/t14-,16+/m0/s1. The average Bonchev–Trinajstić information content (AvgIpc) is 2.65. The lowest BCUT2D eigenvalue weighted by Gasteiger charge is -2.33. The number of nitrogens with zero attached hydrogens (tertiary/aromatic N) is 1. The summed E-state index contributed by atoms with van der Waals surface area (Å²) in [6.07, 6.45) is 1.81. The summed E-state index contributed by atoms with van der Waals surface area (Å²) in [6, 6.07) is 11.6. The molecule has 144 valence electrons. The Kier molecular flexibility index (Phi) is 6.74. The number of hydrogen-bond donors (Lipinski definition) is 1. The predicted octanol–water partition coefficient (Wildman–Crippen LogP) is 5.22. The van der Waals surface area contributed by atoms with Crippen molar-refractivity contribution < 1.29 is 9.18 Å². The van der Waals surface area contributed by atoms with Gasteiger partial charge in [0.05, 0.1) is 12.0 Å². The van der Waals surface area contributed by atoms with Gasteiger partial charge < -0.3 is 5.32 Å². The van der Waals surface area contributed by atoms with E-state index in [1.165, 1.54) is 12.1 Å². The van der Waals surface area contributed by atoms with Gasteiger partial charge in [-0.15, -0.1) is 0 Å². The smallest absolute Gasteiger partial charge is 0.224 e. The molecule has 3 rings (SSSR count). The molecule has 2 aromatic carbocycles. The number of hydrogen-bond acceptors (Lipinski definition) is 2. The number of piperidine rings is 1. The Labute approximate surface area is 169 Å². The molecule has 1 heterocycles. The molecule has 1 N–H and O–H groups in total. The second-order valence-electron chi connectivity index (χ2n) is 7.06. The first kappa shape index (κ1) is 20.1. The van der Waals surface area contributed by atoms with Gasteiger partial charge in [-0.05, 0) is 56.1 Å². The number of carbonyl (C=O) groups is 1. The molecule has 1 amide bonds. The number of likely N-dealkylation sites (tertiary alicyclic amines) is 1. The van der Waals surface area contributed by atoms with Crippen molar-refractivity contribution in [2.45, 2.75) is 32.4 Å². The summed E-state index contributed by atoms with van der Waals surface area (Å²) < 4.78 is 13.1. The van der Waals surface area contributed by atoms with E-state index in [1.807, 2.05) is 25.1 Å². The zero-order chi connectivity index (χ0) is 19.4. The Bertz CT molecular complexity index is 777. The lowest BCUT2D eigenvalue weighted by Crippen LogP contribution is -2.43. The van der Waals surface area contributed by atoms with Crippen molar-refractivity contribution >= 4 is 29.1 Å². The zero-order valence-corrected chi connectivity index (χ0v) is 16.7. The summed E-state index contributed by atoms with van der Waals surface area (Å²) in [5.74, 6) is -0.330. The van der Waals surface area contributed by atoms with Gasteiger partial charge in [0, 0.05) is 28.7 Å². The van der Waals surface area contributed by atoms with Gasteiger partial charge in [0.25, 0.3) is 0 Å². The highest BCUT2D eigenvalue weighted by Crippen LogP contribution is 2.28. The molecule has 1 aliphatic heterocycles. The van der Waals surface area contributed by atoms with Gasteiger partial charge in [0.15, 0.2) is 0 Å². The van der Waals surface area contributed by atoms with Crippen LogP contribution in [-0.4, -0.2) is 23.9 Å². The van der Waals surface area contributed by atoms with E-state index in [-0.39, 0.29) is 23.7 Å². The maximum absolute atomic E-state index is 13.1. The molecule has 6 heteroatoms. The van der Waals surface area contributed by atoms with Crippen LogP contribution in [-0.2, 0) is 11.3 Å². The van der Waals surface area contributed by atoms with Crippen molar-refractivity contribution in [3.63, 3.8) is 0 Å². The van der Waals surface area contributed by atoms with Gasteiger partial charge >= 0.3 is 0 Å². The van der Waals surface area contributed by atoms with Crippen LogP contribution in [0, 0.1) is 11.7 Å². The molecule has 0 aliphatic carbocycles. The largest absolute Gasteiger partial charge is 0.349 e. The first-order valence-corrected chi connectivity index (χ1v) is 9.90. The monoisotopic (exact) mass is 408 g/mol. The third-order valence-electron chi connectivity index (χ3n) is 5.05. The summed E-state index contributed by atoms with van der Waals surface area (Å²) in [4.78, 5) is 14.9. The van der Waals surface area contributed by atoms with E-state index in [0.29, 0.717) is 23.1 Å². The molecule has 1 fully saturated rings. The fourth-order valence-electron chi connectivity index (χ4n) is 3.49. The summed E-state index contributed by atoms with van der Waals surface area (Å²) in [6.45, 7) is 4.13. The summed E-state index contributed by atoms with van der Waals surface area (Å²) >= 11 is 12.6. The molecular weight excluding hydrogens is 386 g/mol. The van der Waals surface area contributed by atoms with Gasteiger partial charge in [-0.25, -0.2) is 4.39 Å². The first-order valence-electron chi connectivity index (χ1n) is 9.15. The van der Waals surface area contributed by atoms with E-state index in [1.54, 1.807) is 12.1 Å². The molecule has 27 heavy (non-hydrogen) atoms. The van der Waals surface area contributed by atoms with E-state index in [4.69, 9.17) is 23.2 Å². The highest BCUT2D eigenvalue weighted by molar-refractivity contribution is 6.35. The predicted molar refractivity (Wildman–Crippen MR) is 107 cm³/mol. The molecule has 3 nitrogen and oxygen atoms in total. The molecule has 1 saturated heterocycles. The fourth-order valence-corrected chi connectivity index (χ4v) is 4.00. The minimum absolute atomic E-state index is 0.0294. The van der Waals surface area contributed by atoms with Gasteiger partial charge in [0.2, 0.25) is 5.91 Å². The third-order valence-corrected chi connectivity index (χ3v) is 5.76. The van der Waals surface area contributed by atoms with E-state index >= 15 is 0 Å². The Hall–Kier alpha value is -1.62. The highest BCUT2D eigenvalue weighted by atomic mass is 35.5. The topological polar surface area (TPSA) is 32.3 Å². The molecule has 1 aliphatic rings. The van der Waals surface area contributed by atoms with Crippen LogP contribution in [0.5, 0.6) is 0 Å². The molecule has 0 radical (unpaired) electrons. The molecule has 0 bridgehead atoms. The Balaban J connectivity index is 1.60. The highest BCUT2D eigenvalue weighted by Gasteiger charge is 2.27. The van der Waals surface area contributed by atoms with Crippen LogP contribution in [0.4, 0.5) is 4.39 Å². The molecule has 0 spiro atoms. The van der Waals surface area contributed by atoms with Crippen LogP contribution in [0.25, 0.3) is 0 Å². The van der Waals surface area contributed by atoms with Crippen LogP contribution in [0.2, 0.25) is 10.0 Å². The van der Waals surface area contributed by atoms with Crippen LogP contribution in [0.15, 0.2) is 42.5 Å². The third kappa shape index (κ3) is 5.22. The molecular formula is C21H23Cl2FN2O. The first-order chi connectivity index (χ1) is 12.9. The zero-order valence-electron chi connectivity index (χ0n) is 15.2. The van der Waals surface area contributed by atoms with Crippen molar-refractivity contribution in [1.29, 1.82) is 0 Å². The van der Waals surface area contributed by atoms with E-state index in [2.05, 4.69) is 10.2 Å². The van der Waals surface area contributed by atoms with Crippen LogP contribution in [0.1, 0.15) is 36.9 Å². The van der Waals surface area contributed by atoms with Gasteiger partial charge in [0.1, 0.15) is 5.82 Å². The molecule has 0 unspecified atom stereocenters. The Morgan fingerprint density at radius 2 is 1.89 bits per heavy atom. The number of rotatable bonds is 5. The minimum Gasteiger partial charge on any atom is -0.349 e. The number of benzene rings is 2. The van der Waals surface area contributed by atoms with Gasteiger partial charge in [-0.3, -0.25) is 9.69 Å². The number of nitrogens with one attached hydrogen (secondary N) is 1. The summed E-state index contributed by atoms with van der Waals surface area (Å²) in [5, 5.41) is 4.36. The van der Waals surface area contributed by atoms with Gasteiger partial charge in [-0.1, -0.05) is 41.4 Å². The minimum atomic E-state index is -0.279. The average molecular weight is 409 g/mol. The lowest BCUT2D eigenvalue weighted by atomic mass is 9.96. The molecule has 2 atom stereocenters. The maximum atomic E-state index is 13.1. The fraction of sp³-hybridized carbons (Fsp3) is 0.381. The van der Waals surface area contributed by atoms with Crippen molar-refractivity contribution in [2.24, 2.45) is 5.92 Å². The maximum Gasteiger partial charge on any atom is 0.224 e. The van der Waals surface area contributed by atoms with E-state index in [0.717, 1.165) is 30.5 Å². The second kappa shape index (κ2) is 9.05. The van der Waals surface area contributed by atoms with Crippen molar-refractivity contribution in [3.05, 3.63) is 69.5 Å². The second-order valence-corrected chi connectivity index (χ2v) is 7.87. The quantitative estimate of drug-likeness (QED) is 0.734. The number of halogens is 3. The molecule has 2 aromatic rings. The molecule has 0 aromatic heterocycles. The SMILES string of the molecule is C[C@H](NC(=O)[C@@H]1CCCN(Cc2c(Cl)cccc2Cl)C1)c1ccc(F)cc1. The lowest BCUT2D eigenvalue weighted by molar-refractivity contribution is -0.127. The van der Waals surface area contributed by atoms with Crippen LogP contribution in [0.3, 0.4) is 0 Å². The van der Waals surface area contributed by atoms with Crippen molar-refractivity contribution in [3.8, 4) is 0 Å². The van der Waals surface area contributed by atoms with Crippen LogP contribution < -0.4 is 5.32 Å². The van der Waals surface area contributed by atoms with Crippen molar-refractivity contribution in [2.75, 3.05) is 13.1 Å². The Morgan fingerprint density at radius 3 is 2.56 bits per heavy atom. The Morgan fingerprint density at radius 1 is 1.22 bits per heavy atom. The summed E-state index contributed by atoms with van der Waals surface area (Å²) in [5.41, 5.74) is 1.79.